The fourth-order valence-corrected chi connectivity index (χ4v) is 3.39. The van der Waals surface area contributed by atoms with Gasteiger partial charge in [0.1, 0.15) is 5.69 Å². The molecule has 2 aromatic heterocycles. The third-order valence-corrected chi connectivity index (χ3v) is 4.62. The van der Waals surface area contributed by atoms with Crippen molar-refractivity contribution in [1.82, 2.24) is 19.8 Å². The van der Waals surface area contributed by atoms with Crippen LogP contribution in [0, 0.1) is 6.92 Å². The number of benzene rings is 1. The van der Waals surface area contributed by atoms with E-state index >= 15 is 0 Å². The van der Waals surface area contributed by atoms with Gasteiger partial charge in [0.15, 0.2) is 6.26 Å². The molecule has 4 rings (SSSR count). The van der Waals surface area contributed by atoms with Crippen molar-refractivity contribution in [2.24, 2.45) is 0 Å². The van der Waals surface area contributed by atoms with Crippen molar-refractivity contribution >= 4 is 22.7 Å². The summed E-state index contributed by atoms with van der Waals surface area (Å²) < 4.78 is 7.19. The summed E-state index contributed by atoms with van der Waals surface area (Å²) in [5.74, 6) is 0. The lowest BCUT2D eigenvalue weighted by atomic mass is 10.0. The van der Waals surface area contributed by atoms with E-state index in [1.807, 2.05) is 6.92 Å². The average molecular weight is 308 g/mol. The van der Waals surface area contributed by atoms with Gasteiger partial charge in [0.25, 0.3) is 0 Å². The number of aromatic nitrogens is 3. The SMILES string of the molecule is C/C(=C\n1c2c(c3cc(C)ccc31)CN(C)CC2)c1conn1. The molecule has 0 N–H and O–H groups in total. The first-order valence-electron chi connectivity index (χ1n) is 7.90. The normalized spacial score (nSPS) is 16.0. The number of likely N-dealkylation sites (N-methyl/N-ethyl adjacent to an activating group) is 1. The molecule has 3 heterocycles. The summed E-state index contributed by atoms with van der Waals surface area (Å²) in [6.45, 7) is 6.28. The summed E-state index contributed by atoms with van der Waals surface area (Å²) >= 11 is 0. The van der Waals surface area contributed by atoms with Crippen LogP contribution in [0.3, 0.4) is 0 Å². The zero-order valence-corrected chi connectivity index (χ0v) is 13.7. The number of fused-ring (bicyclic) bond motifs is 3. The maximum Gasteiger partial charge on any atom is 0.152 e. The molecule has 0 unspecified atom stereocenters. The van der Waals surface area contributed by atoms with E-state index in [4.69, 9.17) is 4.52 Å². The van der Waals surface area contributed by atoms with E-state index in [9.17, 15) is 0 Å². The van der Waals surface area contributed by atoms with Crippen LogP contribution in [0.4, 0.5) is 0 Å². The quantitative estimate of drug-likeness (QED) is 0.728. The Morgan fingerprint density at radius 1 is 1.35 bits per heavy atom. The Morgan fingerprint density at radius 3 is 3.00 bits per heavy atom. The van der Waals surface area contributed by atoms with Crippen molar-refractivity contribution in [2.75, 3.05) is 13.6 Å². The number of nitrogens with zero attached hydrogens (tertiary/aromatic N) is 4. The highest BCUT2D eigenvalue weighted by atomic mass is 16.5. The van der Waals surface area contributed by atoms with Crippen LogP contribution in [0.1, 0.15) is 29.4 Å². The Labute approximate surface area is 135 Å². The molecule has 1 aliphatic rings. The van der Waals surface area contributed by atoms with Crippen LogP contribution >= 0.6 is 0 Å². The van der Waals surface area contributed by atoms with Gasteiger partial charge in [-0.1, -0.05) is 11.6 Å². The Bertz CT molecular complexity index is 890. The predicted molar refractivity (Wildman–Crippen MR) is 90.9 cm³/mol. The van der Waals surface area contributed by atoms with Crippen molar-refractivity contribution in [1.29, 1.82) is 0 Å². The van der Waals surface area contributed by atoms with Crippen molar-refractivity contribution in [3.63, 3.8) is 0 Å². The molecule has 0 radical (unpaired) electrons. The Kier molecular flexibility index (Phi) is 3.31. The van der Waals surface area contributed by atoms with Gasteiger partial charge in [-0.15, -0.1) is 5.10 Å². The van der Waals surface area contributed by atoms with Gasteiger partial charge < -0.3 is 14.0 Å². The van der Waals surface area contributed by atoms with Crippen LogP contribution in [0.2, 0.25) is 0 Å². The maximum atomic E-state index is 4.87. The van der Waals surface area contributed by atoms with E-state index in [1.165, 1.54) is 27.7 Å². The highest BCUT2D eigenvalue weighted by Gasteiger charge is 2.22. The molecule has 0 amide bonds. The lowest BCUT2D eigenvalue weighted by Crippen LogP contribution is -2.26. The minimum Gasteiger partial charge on any atom is -0.345 e. The van der Waals surface area contributed by atoms with Crippen LogP contribution in [-0.4, -0.2) is 33.4 Å². The largest absolute Gasteiger partial charge is 0.345 e. The van der Waals surface area contributed by atoms with E-state index in [2.05, 4.69) is 58.2 Å². The number of hydrogen-bond donors (Lipinski definition) is 0. The minimum atomic E-state index is 0.778. The first kappa shape index (κ1) is 14.2. The molecule has 0 fully saturated rings. The molecular formula is C18H20N4O. The van der Waals surface area contributed by atoms with Crippen molar-refractivity contribution < 1.29 is 4.52 Å². The standard InChI is InChI=1S/C18H20N4O/c1-12-4-5-17-14(8-12)15-10-21(3)7-6-18(15)22(17)9-13(2)16-11-23-20-19-16/h4-5,8-9,11H,6-7,10H2,1-3H3/b13-9+. The van der Waals surface area contributed by atoms with E-state index in [0.29, 0.717) is 0 Å². The average Bonchev–Trinajstić information content (AvgIpc) is 3.15. The zero-order valence-electron chi connectivity index (χ0n) is 13.7. The molecular weight excluding hydrogens is 288 g/mol. The third-order valence-electron chi connectivity index (χ3n) is 4.62. The van der Waals surface area contributed by atoms with Crippen LogP contribution in [0.15, 0.2) is 29.0 Å². The molecule has 0 saturated carbocycles. The minimum absolute atomic E-state index is 0.778. The fraction of sp³-hybridized carbons (Fsp3) is 0.333. The maximum absolute atomic E-state index is 4.87. The lowest BCUT2D eigenvalue weighted by molar-refractivity contribution is 0.312. The van der Waals surface area contributed by atoms with Gasteiger partial charge in [0.2, 0.25) is 0 Å². The second kappa shape index (κ2) is 5.35. The molecule has 0 bridgehead atoms. The second-order valence-corrected chi connectivity index (χ2v) is 6.41. The Morgan fingerprint density at radius 2 is 2.22 bits per heavy atom. The van der Waals surface area contributed by atoms with Crippen LogP contribution in [0.5, 0.6) is 0 Å². The first-order valence-corrected chi connectivity index (χ1v) is 7.90. The zero-order chi connectivity index (χ0) is 16.0. The van der Waals surface area contributed by atoms with Crippen LogP contribution in [-0.2, 0) is 13.0 Å². The van der Waals surface area contributed by atoms with E-state index in [-0.39, 0.29) is 0 Å². The van der Waals surface area contributed by atoms with Gasteiger partial charge in [-0.25, -0.2) is 0 Å². The van der Waals surface area contributed by atoms with Gasteiger partial charge >= 0.3 is 0 Å². The Balaban J connectivity index is 1.94. The van der Waals surface area contributed by atoms with Crippen molar-refractivity contribution in [2.45, 2.75) is 26.8 Å². The highest BCUT2D eigenvalue weighted by Crippen LogP contribution is 2.32. The monoisotopic (exact) mass is 308 g/mol. The number of allylic oxidation sites excluding steroid dienone is 1. The summed E-state index contributed by atoms with van der Waals surface area (Å²) in [4.78, 5) is 2.38. The van der Waals surface area contributed by atoms with Crippen LogP contribution in [0.25, 0.3) is 22.7 Å². The number of hydrogen-bond acceptors (Lipinski definition) is 4. The predicted octanol–water partition coefficient (Wildman–Crippen LogP) is 3.34. The van der Waals surface area contributed by atoms with Gasteiger partial charge in [-0.2, -0.15) is 0 Å². The molecule has 0 spiro atoms. The number of aryl methyl sites for hydroxylation is 1. The molecule has 1 aliphatic heterocycles. The van der Waals surface area contributed by atoms with E-state index < -0.39 is 0 Å². The third kappa shape index (κ3) is 2.37. The molecule has 0 aliphatic carbocycles. The topological polar surface area (TPSA) is 47.1 Å². The van der Waals surface area contributed by atoms with Crippen molar-refractivity contribution in [3.05, 3.63) is 47.0 Å². The molecule has 5 nitrogen and oxygen atoms in total. The second-order valence-electron chi connectivity index (χ2n) is 6.41. The van der Waals surface area contributed by atoms with E-state index in [0.717, 1.165) is 30.8 Å². The molecule has 118 valence electrons. The molecule has 0 atom stereocenters. The molecule has 0 saturated heterocycles. The van der Waals surface area contributed by atoms with Crippen LogP contribution < -0.4 is 0 Å². The molecule has 3 aromatic rings. The van der Waals surface area contributed by atoms with Gasteiger partial charge in [-0.05, 0) is 44.2 Å². The lowest BCUT2D eigenvalue weighted by Gasteiger charge is -2.23. The Hall–Kier alpha value is -2.40. The van der Waals surface area contributed by atoms with Gasteiger partial charge in [-0.3, -0.25) is 0 Å². The smallest absolute Gasteiger partial charge is 0.152 e. The molecule has 5 heteroatoms. The van der Waals surface area contributed by atoms with E-state index in [1.54, 1.807) is 6.26 Å². The molecule has 1 aromatic carbocycles. The van der Waals surface area contributed by atoms with Gasteiger partial charge in [0, 0.05) is 42.1 Å². The van der Waals surface area contributed by atoms with Gasteiger partial charge in [0.05, 0.1) is 5.52 Å². The summed E-state index contributed by atoms with van der Waals surface area (Å²) in [6, 6.07) is 6.69. The summed E-state index contributed by atoms with van der Waals surface area (Å²) in [6.07, 6.45) is 4.80. The summed E-state index contributed by atoms with van der Waals surface area (Å²) in [7, 11) is 2.18. The highest BCUT2D eigenvalue weighted by molar-refractivity contribution is 5.90. The first-order chi connectivity index (χ1) is 11.1. The van der Waals surface area contributed by atoms with Crippen molar-refractivity contribution in [3.8, 4) is 0 Å². The fourth-order valence-electron chi connectivity index (χ4n) is 3.39. The summed E-state index contributed by atoms with van der Waals surface area (Å²) in [5.41, 5.74) is 7.23. The molecule has 23 heavy (non-hydrogen) atoms. The summed E-state index contributed by atoms with van der Waals surface area (Å²) in [5, 5.41) is 8.93. The number of rotatable bonds is 2.